The molecule has 32 heavy (non-hydrogen) atoms. The second kappa shape index (κ2) is 9.44. The van der Waals surface area contributed by atoms with Gasteiger partial charge in [-0.25, -0.2) is 13.9 Å². The standard InChI is InChI=1S/C23H25F2N5O2/c1-23(15-29-12-11-27-28-29)16-30(22(31)32-23)19-7-8-20(21(25)13-19)18-5-3-17(4-6-18)14-26-10-2-9-24/h3-8,11-13,26H,2,9-10,14-16H2,1H3. The first-order chi connectivity index (χ1) is 15.5. The number of amides is 1. The van der Waals surface area contributed by atoms with E-state index in [0.29, 0.717) is 37.3 Å². The zero-order chi connectivity index (χ0) is 22.6. The summed E-state index contributed by atoms with van der Waals surface area (Å²) >= 11 is 0. The number of nitrogens with zero attached hydrogens (tertiary/aromatic N) is 4. The number of carbonyl (C=O) groups excluding carboxylic acids is 1. The van der Waals surface area contributed by atoms with Gasteiger partial charge in [-0.2, -0.15) is 0 Å². The maximum Gasteiger partial charge on any atom is 0.415 e. The Balaban J connectivity index is 1.44. The van der Waals surface area contributed by atoms with Crippen LogP contribution in [0.2, 0.25) is 0 Å². The minimum absolute atomic E-state index is 0.272. The van der Waals surface area contributed by atoms with Crippen LogP contribution in [-0.4, -0.2) is 46.5 Å². The number of anilines is 1. The Bertz CT molecular complexity index is 1060. The average Bonchev–Trinajstić information content (AvgIpc) is 3.38. The molecule has 1 amide bonds. The predicted octanol–water partition coefficient (Wildman–Crippen LogP) is 3.95. The number of ether oxygens (including phenoxy) is 1. The van der Waals surface area contributed by atoms with Gasteiger partial charge in [0.15, 0.2) is 0 Å². The molecule has 1 saturated heterocycles. The molecule has 0 bridgehead atoms. The van der Waals surface area contributed by atoms with Crippen LogP contribution in [-0.2, 0) is 17.8 Å². The molecule has 0 aliphatic carbocycles. The lowest BCUT2D eigenvalue weighted by Gasteiger charge is -2.21. The minimum Gasteiger partial charge on any atom is -0.439 e. The van der Waals surface area contributed by atoms with Crippen LogP contribution in [0, 0.1) is 5.82 Å². The maximum absolute atomic E-state index is 15.0. The monoisotopic (exact) mass is 441 g/mol. The van der Waals surface area contributed by atoms with Crippen molar-refractivity contribution in [3.05, 3.63) is 66.2 Å². The number of hydrogen-bond acceptors (Lipinski definition) is 5. The van der Waals surface area contributed by atoms with Gasteiger partial charge in [-0.3, -0.25) is 9.29 Å². The normalized spacial score (nSPS) is 18.2. The van der Waals surface area contributed by atoms with E-state index >= 15 is 0 Å². The molecule has 9 heteroatoms. The SMILES string of the molecule is CC1(Cn2ccnn2)CN(c2ccc(-c3ccc(CNCCCF)cc3)c(F)c2)C(=O)O1. The molecule has 0 radical (unpaired) electrons. The second-order valence-corrected chi connectivity index (χ2v) is 8.09. The number of carbonyl (C=O) groups is 1. The lowest BCUT2D eigenvalue weighted by Crippen LogP contribution is -2.36. The van der Waals surface area contributed by atoms with Gasteiger partial charge in [0.1, 0.15) is 11.4 Å². The zero-order valence-electron chi connectivity index (χ0n) is 17.8. The van der Waals surface area contributed by atoms with Crippen molar-refractivity contribution >= 4 is 11.8 Å². The van der Waals surface area contributed by atoms with Gasteiger partial charge >= 0.3 is 6.09 Å². The summed E-state index contributed by atoms with van der Waals surface area (Å²) in [5.74, 6) is -0.422. The number of rotatable bonds is 9. The van der Waals surface area contributed by atoms with E-state index in [1.807, 2.05) is 31.2 Å². The lowest BCUT2D eigenvalue weighted by molar-refractivity contribution is 0.0545. The fraction of sp³-hybridized carbons (Fsp3) is 0.348. The van der Waals surface area contributed by atoms with Crippen molar-refractivity contribution in [2.45, 2.75) is 32.0 Å². The Kier molecular flexibility index (Phi) is 6.45. The molecule has 1 aliphatic rings. The van der Waals surface area contributed by atoms with Crippen molar-refractivity contribution in [3.63, 3.8) is 0 Å². The summed E-state index contributed by atoms with van der Waals surface area (Å²) in [7, 11) is 0. The highest BCUT2D eigenvalue weighted by atomic mass is 19.1. The van der Waals surface area contributed by atoms with Gasteiger partial charge in [-0.15, -0.1) is 5.10 Å². The lowest BCUT2D eigenvalue weighted by atomic mass is 10.0. The molecule has 2 aromatic carbocycles. The third kappa shape index (κ3) is 4.94. The van der Waals surface area contributed by atoms with Crippen molar-refractivity contribution < 1.29 is 18.3 Å². The van der Waals surface area contributed by atoms with Crippen LogP contribution in [0.25, 0.3) is 11.1 Å². The van der Waals surface area contributed by atoms with E-state index in [-0.39, 0.29) is 13.2 Å². The summed E-state index contributed by atoms with van der Waals surface area (Å²) in [6.45, 7) is 3.35. The number of benzene rings is 2. The van der Waals surface area contributed by atoms with E-state index < -0.39 is 17.5 Å². The molecule has 1 aliphatic heterocycles. The molecule has 2 heterocycles. The molecule has 3 aromatic rings. The number of nitrogens with one attached hydrogen (secondary N) is 1. The minimum atomic E-state index is -0.798. The Morgan fingerprint density at radius 2 is 2.03 bits per heavy atom. The van der Waals surface area contributed by atoms with Crippen molar-refractivity contribution in [2.75, 3.05) is 24.7 Å². The fourth-order valence-electron chi connectivity index (χ4n) is 3.77. The first-order valence-electron chi connectivity index (χ1n) is 10.5. The van der Waals surface area contributed by atoms with Gasteiger partial charge in [-0.05, 0) is 49.2 Å². The number of aromatic nitrogens is 3. The molecular formula is C23H25F2N5O2. The van der Waals surface area contributed by atoms with Gasteiger partial charge in [0, 0.05) is 18.3 Å². The van der Waals surface area contributed by atoms with Crippen LogP contribution < -0.4 is 10.2 Å². The zero-order valence-corrected chi connectivity index (χ0v) is 17.8. The molecule has 168 valence electrons. The largest absolute Gasteiger partial charge is 0.439 e. The van der Waals surface area contributed by atoms with Crippen molar-refractivity contribution in [3.8, 4) is 11.1 Å². The van der Waals surface area contributed by atoms with E-state index in [0.717, 1.165) is 11.1 Å². The maximum atomic E-state index is 15.0. The fourth-order valence-corrected chi connectivity index (χ4v) is 3.77. The highest BCUT2D eigenvalue weighted by molar-refractivity contribution is 5.90. The molecule has 1 N–H and O–H groups in total. The van der Waals surface area contributed by atoms with Crippen LogP contribution in [0.3, 0.4) is 0 Å². The molecule has 0 spiro atoms. The third-order valence-corrected chi connectivity index (χ3v) is 5.36. The smallest absolute Gasteiger partial charge is 0.415 e. The summed E-state index contributed by atoms with van der Waals surface area (Å²) < 4.78 is 34.3. The van der Waals surface area contributed by atoms with Crippen LogP contribution >= 0.6 is 0 Å². The first-order valence-corrected chi connectivity index (χ1v) is 10.5. The quantitative estimate of drug-likeness (QED) is 0.509. The summed E-state index contributed by atoms with van der Waals surface area (Å²) in [4.78, 5) is 13.9. The van der Waals surface area contributed by atoms with Gasteiger partial charge in [0.25, 0.3) is 0 Å². The molecule has 1 unspecified atom stereocenters. The van der Waals surface area contributed by atoms with E-state index in [2.05, 4.69) is 15.6 Å². The van der Waals surface area contributed by atoms with Gasteiger partial charge in [0.05, 0.1) is 31.6 Å². The van der Waals surface area contributed by atoms with Gasteiger partial charge < -0.3 is 10.1 Å². The first kappa shape index (κ1) is 21.9. The van der Waals surface area contributed by atoms with Crippen LogP contribution in [0.1, 0.15) is 18.9 Å². The predicted molar refractivity (Wildman–Crippen MR) is 116 cm³/mol. The highest BCUT2D eigenvalue weighted by Crippen LogP contribution is 2.32. The molecule has 1 aromatic heterocycles. The number of alkyl halides is 1. The van der Waals surface area contributed by atoms with E-state index in [4.69, 9.17) is 4.74 Å². The Morgan fingerprint density at radius 3 is 2.72 bits per heavy atom. The molecular weight excluding hydrogens is 416 g/mol. The Morgan fingerprint density at radius 1 is 1.22 bits per heavy atom. The van der Waals surface area contributed by atoms with Crippen molar-refractivity contribution in [1.29, 1.82) is 0 Å². The van der Waals surface area contributed by atoms with E-state index in [1.54, 1.807) is 29.2 Å². The Hall–Kier alpha value is -3.33. The van der Waals surface area contributed by atoms with Gasteiger partial charge in [-0.1, -0.05) is 29.5 Å². The summed E-state index contributed by atoms with van der Waals surface area (Å²) in [5, 5.41) is 10.8. The number of halogens is 2. The summed E-state index contributed by atoms with van der Waals surface area (Å²) in [6, 6.07) is 12.3. The topological polar surface area (TPSA) is 72.3 Å². The van der Waals surface area contributed by atoms with E-state index in [1.165, 1.54) is 11.0 Å². The van der Waals surface area contributed by atoms with Crippen LogP contribution in [0.15, 0.2) is 54.9 Å². The number of cyclic esters (lactones) is 1. The van der Waals surface area contributed by atoms with Crippen LogP contribution in [0.5, 0.6) is 0 Å². The molecule has 1 atom stereocenters. The molecule has 0 saturated carbocycles. The van der Waals surface area contributed by atoms with Crippen LogP contribution in [0.4, 0.5) is 19.3 Å². The van der Waals surface area contributed by atoms with E-state index in [9.17, 15) is 13.6 Å². The number of hydrogen-bond donors (Lipinski definition) is 1. The third-order valence-electron chi connectivity index (χ3n) is 5.36. The average molecular weight is 441 g/mol. The van der Waals surface area contributed by atoms with Crippen molar-refractivity contribution in [2.24, 2.45) is 0 Å². The second-order valence-electron chi connectivity index (χ2n) is 8.09. The molecule has 4 rings (SSSR count). The van der Waals surface area contributed by atoms with Gasteiger partial charge in [0.2, 0.25) is 0 Å². The Labute approximate surface area is 185 Å². The summed E-state index contributed by atoms with van der Waals surface area (Å²) in [6.07, 6.45) is 3.22. The molecule has 1 fully saturated rings. The highest BCUT2D eigenvalue weighted by Gasteiger charge is 2.42. The van der Waals surface area contributed by atoms with Crippen molar-refractivity contribution in [1.82, 2.24) is 20.3 Å². The molecule has 7 nitrogen and oxygen atoms in total. The summed E-state index contributed by atoms with van der Waals surface area (Å²) in [5.41, 5.74) is 1.86.